The van der Waals surface area contributed by atoms with Crippen LogP contribution in [0.25, 0.3) is 0 Å². The van der Waals surface area contributed by atoms with E-state index in [0.717, 1.165) is 17.0 Å². The summed E-state index contributed by atoms with van der Waals surface area (Å²) in [4.78, 5) is 22.5. The first-order valence-corrected chi connectivity index (χ1v) is 7.76. The van der Waals surface area contributed by atoms with E-state index in [0.29, 0.717) is 17.5 Å². The average molecular weight is 301 g/mol. The molecule has 5 heteroatoms. The third-order valence-corrected chi connectivity index (χ3v) is 3.81. The highest BCUT2D eigenvalue weighted by Gasteiger charge is 2.11. The fraction of sp³-hybridized carbons (Fsp3) is 0.312. The number of hydrogen-bond donors (Lipinski definition) is 0. The molecule has 1 aromatic heterocycles. The number of thioether (sulfide) groups is 1. The van der Waals surface area contributed by atoms with Crippen molar-refractivity contribution in [3.8, 4) is 0 Å². The molecule has 110 valence electrons. The SMILES string of the molecule is Cc1cc(C)nc(SCC(=O)N(C)Cc2ccccc2)n1. The van der Waals surface area contributed by atoms with E-state index < -0.39 is 0 Å². The van der Waals surface area contributed by atoms with Crippen molar-refractivity contribution in [3.05, 3.63) is 53.3 Å². The number of benzene rings is 1. The summed E-state index contributed by atoms with van der Waals surface area (Å²) in [5, 5.41) is 0.661. The van der Waals surface area contributed by atoms with Gasteiger partial charge in [0.05, 0.1) is 5.75 Å². The molecule has 0 fully saturated rings. The Kier molecular flexibility index (Phi) is 5.33. The highest BCUT2D eigenvalue weighted by Crippen LogP contribution is 2.15. The van der Waals surface area contributed by atoms with Crippen LogP contribution in [0.3, 0.4) is 0 Å². The topological polar surface area (TPSA) is 46.1 Å². The van der Waals surface area contributed by atoms with E-state index in [1.165, 1.54) is 11.8 Å². The Morgan fingerprint density at radius 2 is 1.76 bits per heavy atom. The lowest BCUT2D eigenvalue weighted by Gasteiger charge is -2.16. The molecule has 0 saturated carbocycles. The molecule has 1 heterocycles. The molecule has 0 aliphatic heterocycles. The minimum atomic E-state index is 0.0756. The molecule has 21 heavy (non-hydrogen) atoms. The third-order valence-electron chi connectivity index (χ3n) is 2.97. The summed E-state index contributed by atoms with van der Waals surface area (Å²) in [5.74, 6) is 0.429. The minimum absolute atomic E-state index is 0.0756. The molecule has 0 saturated heterocycles. The molecule has 0 unspecified atom stereocenters. The van der Waals surface area contributed by atoms with Gasteiger partial charge in [0.25, 0.3) is 0 Å². The molecule has 0 bridgehead atoms. The standard InChI is InChI=1S/C16H19N3OS/c1-12-9-13(2)18-16(17-12)21-11-15(20)19(3)10-14-7-5-4-6-8-14/h4-9H,10-11H2,1-3H3. The number of amides is 1. The zero-order chi connectivity index (χ0) is 15.2. The predicted molar refractivity (Wildman–Crippen MR) is 85.1 cm³/mol. The van der Waals surface area contributed by atoms with Gasteiger partial charge in [0, 0.05) is 25.0 Å². The van der Waals surface area contributed by atoms with Crippen LogP contribution < -0.4 is 0 Å². The minimum Gasteiger partial charge on any atom is -0.341 e. The molecule has 0 radical (unpaired) electrons. The monoisotopic (exact) mass is 301 g/mol. The average Bonchev–Trinajstić information content (AvgIpc) is 2.44. The van der Waals surface area contributed by atoms with Gasteiger partial charge < -0.3 is 4.90 Å². The number of hydrogen-bond acceptors (Lipinski definition) is 4. The van der Waals surface area contributed by atoms with Crippen molar-refractivity contribution in [1.82, 2.24) is 14.9 Å². The molecule has 0 aliphatic carbocycles. The molecular formula is C16H19N3OS. The van der Waals surface area contributed by atoms with Crippen LogP contribution in [0.15, 0.2) is 41.6 Å². The van der Waals surface area contributed by atoms with Crippen molar-refractivity contribution in [2.75, 3.05) is 12.8 Å². The zero-order valence-corrected chi connectivity index (χ0v) is 13.4. The predicted octanol–water partition coefficient (Wildman–Crippen LogP) is 2.84. The number of carbonyl (C=O) groups excluding carboxylic acids is 1. The first-order chi connectivity index (χ1) is 10.0. The van der Waals surface area contributed by atoms with Crippen molar-refractivity contribution in [3.63, 3.8) is 0 Å². The van der Waals surface area contributed by atoms with Crippen LogP contribution in [0.1, 0.15) is 17.0 Å². The number of aryl methyl sites for hydroxylation is 2. The number of nitrogens with zero attached hydrogens (tertiary/aromatic N) is 3. The van der Waals surface area contributed by atoms with Crippen molar-refractivity contribution in [1.29, 1.82) is 0 Å². The third kappa shape index (κ3) is 4.86. The van der Waals surface area contributed by atoms with Crippen LogP contribution >= 0.6 is 11.8 Å². The fourth-order valence-corrected chi connectivity index (χ4v) is 2.83. The molecule has 0 spiro atoms. The lowest BCUT2D eigenvalue weighted by molar-refractivity contribution is -0.127. The van der Waals surface area contributed by atoms with Crippen molar-refractivity contribution in [2.24, 2.45) is 0 Å². The maximum Gasteiger partial charge on any atom is 0.233 e. The van der Waals surface area contributed by atoms with Crippen LogP contribution in [0.5, 0.6) is 0 Å². The lowest BCUT2D eigenvalue weighted by atomic mass is 10.2. The van der Waals surface area contributed by atoms with E-state index in [-0.39, 0.29) is 5.91 Å². The maximum atomic E-state index is 12.1. The normalized spacial score (nSPS) is 10.4. The van der Waals surface area contributed by atoms with Gasteiger partial charge in [-0.1, -0.05) is 42.1 Å². The molecular weight excluding hydrogens is 282 g/mol. The van der Waals surface area contributed by atoms with Gasteiger partial charge in [-0.25, -0.2) is 9.97 Å². The summed E-state index contributed by atoms with van der Waals surface area (Å²) in [6.45, 7) is 4.48. The van der Waals surface area contributed by atoms with Gasteiger partial charge in [0.2, 0.25) is 5.91 Å². The quantitative estimate of drug-likeness (QED) is 0.629. The second-order valence-electron chi connectivity index (χ2n) is 4.96. The molecule has 1 amide bonds. The number of carbonyl (C=O) groups is 1. The van der Waals surface area contributed by atoms with Gasteiger partial charge in [-0.3, -0.25) is 4.79 Å². The summed E-state index contributed by atoms with van der Waals surface area (Å²) in [6, 6.07) is 11.9. The highest BCUT2D eigenvalue weighted by atomic mass is 32.2. The van der Waals surface area contributed by atoms with Gasteiger partial charge in [-0.2, -0.15) is 0 Å². The van der Waals surface area contributed by atoms with Crippen molar-refractivity contribution in [2.45, 2.75) is 25.5 Å². The Morgan fingerprint density at radius 3 is 2.38 bits per heavy atom. The highest BCUT2D eigenvalue weighted by molar-refractivity contribution is 7.99. The number of aromatic nitrogens is 2. The van der Waals surface area contributed by atoms with E-state index in [4.69, 9.17) is 0 Å². The van der Waals surface area contributed by atoms with E-state index in [1.54, 1.807) is 4.90 Å². The van der Waals surface area contributed by atoms with Gasteiger partial charge >= 0.3 is 0 Å². The molecule has 2 aromatic rings. The van der Waals surface area contributed by atoms with Crippen LogP contribution in [-0.2, 0) is 11.3 Å². The van der Waals surface area contributed by atoms with E-state index >= 15 is 0 Å². The van der Waals surface area contributed by atoms with Crippen LogP contribution in [0, 0.1) is 13.8 Å². The van der Waals surface area contributed by atoms with Gasteiger partial charge in [-0.05, 0) is 25.5 Å². The van der Waals surface area contributed by atoms with E-state index in [1.807, 2.05) is 57.3 Å². The fourth-order valence-electron chi connectivity index (χ4n) is 1.94. The lowest BCUT2D eigenvalue weighted by Crippen LogP contribution is -2.27. The summed E-state index contributed by atoms with van der Waals surface area (Å²) < 4.78 is 0. The molecule has 0 N–H and O–H groups in total. The first kappa shape index (κ1) is 15.5. The molecule has 1 aromatic carbocycles. The number of rotatable bonds is 5. The van der Waals surface area contributed by atoms with E-state index in [2.05, 4.69) is 9.97 Å². The molecule has 0 aliphatic rings. The smallest absolute Gasteiger partial charge is 0.233 e. The van der Waals surface area contributed by atoms with Gasteiger partial charge in [-0.15, -0.1) is 0 Å². The maximum absolute atomic E-state index is 12.1. The van der Waals surface area contributed by atoms with E-state index in [9.17, 15) is 4.79 Å². The molecule has 0 atom stereocenters. The largest absolute Gasteiger partial charge is 0.341 e. The summed E-state index contributed by atoms with van der Waals surface area (Å²) in [5.41, 5.74) is 2.98. The molecule has 2 rings (SSSR count). The Hall–Kier alpha value is -1.88. The zero-order valence-electron chi connectivity index (χ0n) is 12.5. The van der Waals surface area contributed by atoms with Crippen LogP contribution in [-0.4, -0.2) is 33.6 Å². The Bertz CT molecular complexity index is 596. The van der Waals surface area contributed by atoms with Gasteiger partial charge in [0.1, 0.15) is 0 Å². The Balaban J connectivity index is 1.89. The van der Waals surface area contributed by atoms with Crippen LogP contribution in [0.2, 0.25) is 0 Å². The Morgan fingerprint density at radius 1 is 1.14 bits per heavy atom. The molecule has 4 nitrogen and oxygen atoms in total. The summed E-state index contributed by atoms with van der Waals surface area (Å²) in [7, 11) is 1.82. The second-order valence-corrected chi connectivity index (χ2v) is 5.90. The first-order valence-electron chi connectivity index (χ1n) is 6.77. The van der Waals surface area contributed by atoms with Crippen molar-refractivity contribution >= 4 is 17.7 Å². The summed E-state index contributed by atoms with van der Waals surface area (Å²) in [6.07, 6.45) is 0. The summed E-state index contributed by atoms with van der Waals surface area (Å²) >= 11 is 1.38. The van der Waals surface area contributed by atoms with Crippen molar-refractivity contribution < 1.29 is 4.79 Å². The second kappa shape index (κ2) is 7.22. The Labute approximate surface area is 129 Å². The van der Waals surface area contributed by atoms with Gasteiger partial charge in [0.15, 0.2) is 5.16 Å². The van der Waals surface area contributed by atoms with Crippen LogP contribution in [0.4, 0.5) is 0 Å².